The molecule has 2 aromatic carbocycles. The van der Waals surface area contributed by atoms with Crippen molar-refractivity contribution in [3.63, 3.8) is 0 Å². The Balaban J connectivity index is 1.63. The molecule has 0 saturated heterocycles. The van der Waals surface area contributed by atoms with Gasteiger partial charge in [-0.3, -0.25) is 0 Å². The van der Waals surface area contributed by atoms with Gasteiger partial charge in [-0.25, -0.2) is 4.39 Å². The van der Waals surface area contributed by atoms with Crippen molar-refractivity contribution >= 4 is 0 Å². The summed E-state index contributed by atoms with van der Waals surface area (Å²) < 4.78 is 32.2. The predicted molar refractivity (Wildman–Crippen MR) is 93.5 cm³/mol. The highest BCUT2D eigenvalue weighted by atomic mass is 19.1. The molecule has 5 nitrogen and oxygen atoms in total. The molecule has 0 radical (unpaired) electrons. The highest BCUT2D eigenvalue weighted by Gasteiger charge is 2.26. The van der Waals surface area contributed by atoms with Gasteiger partial charge in [0, 0.05) is 24.5 Å². The van der Waals surface area contributed by atoms with E-state index in [4.69, 9.17) is 14.2 Å². The maximum atomic E-state index is 13.8. The lowest BCUT2D eigenvalue weighted by molar-refractivity contribution is 0.174. The van der Waals surface area contributed by atoms with Gasteiger partial charge >= 0.3 is 0 Å². The molecule has 0 spiro atoms. The van der Waals surface area contributed by atoms with Crippen LogP contribution in [0.15, 0.2) is 48.7 Å². The van der Waals surface area contributed by atoms with E-state index in [1.165, 1.54) is 13.2 Å². The average Bonchev–Trinajstić information content (AvgIpc) is 3.28. The molecule has 26 heavy (non-hydrogen) atoms. The van der Waals surface area contributed by atoms with Gasteiger partial charge in [-0.15, -0.1) is 0 Å². The molecule has 2 aliphatic rings. The Labute approximate surface area is 149 Å². The van der Waals surface area contributed by atoms with E-state index in [0.29, 0.717) is 6.54 Å². The number of hydrogen-bond donors (Lipinski definition) is 1. The summed E-state index contributed by atoms with van der Waals surface area (Å²) in [5.74, 6) is 1.39. The first kappa shape index (κ1) is 15.3. The first-order chi connectivity index (χ1) is 12.7. The molecule has 1 atom stereocenters. The topological polar surface area (TPSA) is 44.7 Å². The van der Waals surface area contributed by atoms with Gasteiger partial charge in [0.05, 0.1) is 18.8 Å². The number of aromatic nitrogens is 1. The number of nitrogens with one attached hydrogen (secondary N) is 1. The molecule has 3 heterocycles. The van der Waals surface area contributed by atoms with Gasteiger partial charge in [-0.1, -0.05) is 6.07 Å². The third-order valence-electron chi connectivity index (χ3n) is 4.91. The minimum Gasteiger partial charge on any atom is -0.494 e. The van der Waals surface area contributed by atoms with Crippen molar-refractivity contribution in [2.45, 2.75) is 12.6 Å². The highest BCUT2D eigenvalue weighted by molar-refractivity contribution is 5.57. The zero-order valence-corrected chi connectivity index (χ0v) is 14.2. The van der Waals surface area contributed by atoms with Crippen LogP contribution in [0.5, 0.6) is 17.2 Å². The largest absolute Gasteiger partial charge is 0.494 e. The van der Waals surface area contributed by atoms with Crippen LogP contribution in [0.2, 0.25) is 0 Å². The van der Waals surface area contributed by atoms with Crippen LogP contribution < -0.4 is 19.5 Å². The van der Waals surface area contributed by atoms with Crippen molar-refractivity contribution < 1.29 is 18.6 Å². The molecule has 0 fully saturated rings. The van der Waals surface area contributed by atoms with Crippen LogP contribution in [0.3, 0.4) is 0 Å². The number of rotatable bonds is 2. The number of hydrogen-bond acceptors (Lipinski definition) is 4. The van der Waals surface area contributed by atoms with E-state index < -0.39 is 0 Å². The fraction of sp³-hybridized carbons (Fsp3) is 0.200. The first-order valence-corrected chi connectivity index (χ1v) is 8.41. The summed E-state index contributed by atoms with van der Waals surface area (Å²) in [6, 6.07) is 13.0. The molecule has 0 amide bonds. The molecule has 1 aromatic heterocycles. The van der Waals surface area contributed by atoms with E-state index in [0.717, 1.165) is 34.0 Å². The standard InChI is InChI=1S/C20H17FN2O3/c1-24-17-7-12(4-5-14(17)21)20-15-3-2-6-23(15)16-9-19-18(25-11-26-19)8-13(16)10-22-20/h2-9,20,22H,10-11H2,1H3/t20-/m0/s1. The minimum atomic E-state index is -0.366. The second-order valence-electron chi connectivity index (χ2n) is 6.35. The number of methoxy groups -OCH3 is 1. The Hall–Kier alpha value is -2.99. The predicted octanol–water partition coefficient (Wildman–Crippen LogP) is 3.55. The summed E-state index contributed by atoms with van der Waals surface area (Å²) in [6.07, 6.45) is 2.02. The summed E-state index contributed by atoms with van der Waals surface area (Å²) >= 11 is 0. The van der Waals surface area contributed by atoms with Gasteiger partial charge in [-0.2, -0.15) is 0 Å². The zero-order chi connectivity index (χ0) is 17.7. The lowest BCUT2D eigenvalue weighted by atomic mass is 10.0. The van der Waals surface area contributed by atoms with Crippen LogP contribution in [0, 0.1) is 5.82 Å². The SMILES string of the molecule is COc1cc([C@@H]2NCc3cc4c(cc3-n3cccc32)OCO4)ccc1F. The van der Waals surface area contributed by atoms with Crippen molar-refractivity contribution in [1.82, 2.24) is 9.88 Å². The third kappa shape index (κ3) is 2.26. The van der Waals surface area contributed by atoms with Gasteiger partial charge in [0.2, 0.25) is 6.79 Å². The number of benzene rings is 2. The van der Waals surface area contributed by atoms with Gasteiger partial charge in [0.25, 0.3) is 0 Å². The maximum Gasteiger partial charge on any atom is 0.231 e. The van der Waals surface area contributed by atoms with Crippen molar-refractivity contribution in [3.05, 3.63) is 71.3 Å². The van der Waals surface area contributed by atoms with Crippen molar-refractivity contribution in [2.75, 3.05) is 13.9 Å². The molecule has 6 heteroatoms. The zero-order valence-electron chi connectivity index (χ0n) is 14.2. The Morgan fingerprint density at radius 2 is 2.00 bits per heavy atom. The Bertz CT molecular complexity index is 999. The van der Waals surface area contributed by atoms with Crippen molar-refractivity contribution in [1.29, 1.82) is 0 Å². The van der Waals surface area contributed by atoms with Crippen LogP contribution in [-0.4, -0.2) is 18.5 Å². The molecule has 3 aromatic rings. The van der Waals surface area contributed by atoms with Crippen LogP contribution in [0.25, 0.3) is 5.69 Å². The summed E-state index contributed by atoms with van der Waals surface area (Å²) in [5, 5.41) is 3.56. The molecule has 132 valence electrons. The molecule has 0 saturated carbocycles. The number of fused-ring (bicyclic) bond motifs is 4. The molecule has 5 rings (SSSR count). The van der Waals surface area contributed by atoms with Crippen LogP contribution in [0.4, 0.5) is 4.39 Å². The quantitative estimate of drug-likeness (QED) is 0.766. The Morgan fingerprint density at radius 3 is 2.85 bits per heavy atom. The summed E-state index contributed by atoms with van der Waals surface area (Å²) in [4.78, 5) is 0. The lowest BCUT2D eigenvalue weighted by Gasteiger charge is -2.19. The highest BCUT2D eigenvalue weighted by Crippen LogP contribution is 2.39. The number of nitrogens with zero attached hydrogens (tertiary/aromatic N) is 1. The van der Waals surface area contributed by atoms with Crippen molar-refractivity contribution in [3.8, 4) is 22.9 Å². The molecule has 2 aliphatic heterocycles. The van der Waals surface area contributed by atoms with Crippen LogP contribution >= 0.6 is 0 Å². The number of ether oxygens (including phenoxy) is 3. The Morgan fingerprint density at radius 1 is 1.15 bits per heavy atom. The van der Waals surface area contributed by atoms with Gasteiger partial charge < -0.3 is 24.1 Å². The molecule has 0 aliphatic carbocycles. The van der Waals surface area contributed by atoms with Crippen molar-refractivity contribution in [2.24, 2.45) is 0 Å². The second-order valence-corrected chi connectivity index (χ2v) is 6.35. The lowest BCUT2D eigenvalue weighted by Crippen LogP contribution is -2.21. The van der Waals surface area contributed by atoms with E-state index >= 15 is 0 Å². The maximum absolute atomic E-state index is 13.8. The second kappa shape index (κ2) is 5.78. The summed E-state index contributed by atoms with van der Waals surface area (Å²) in [7, 11) is 1.47. The average molecular weight is 352 g/mol. The van der Waals surface area contributed by atoms with Gasteiger partial charge in [-0.05, 0) is 41.5 Å². The first-order valence-electron chi connectivity index (χ1n) is 8.41. The molecular formula is C20H17FN2O3. The fourth-order valence-electron chi connectivity index (χ4n) is 3.65. The summed E-state index contributed by atoms with van der Waals surface area (Å²) in [6.45, 7) is 0.903. The van der Waals surface area contributed by atoms with E-state index in [9.17, 15) is 4.39 Å². The van der Waals surface area contributed by atoms with E-state index in [2.05, 4.69) is 16.0 Å². The molecular weight excluding hydrogens is 335 g/mol. The van der Waals surface area contributed by atoms with Crippen LogP contribution in [-0.2, 0) is 6.54 Å². The van der Waals surface area contributed by atoms with Gasteiger partial charge in [0.1, 0.15) is 0 Å². The van der Waals surface area contributed by atoms with Crippen LogP contribution in [0.1, 0.15) is 22.9 Å². The van der Waals surface area contributed by atoms with E-state index in [1.807, 2.05) is 24.4 Å². The third-order valence-corrected chi connectivity index (χ3v) is 4.91. The van der Waals surface area contributed by atoms with Gasteiger partial charge in [0.15, 0.2) is 23.1 Å². The van der Waals surface area contributed by atoms with E-state index in [-0.39, 0.29) is 24.4 Å². The normalized spacial score (nSPS) is 17.4. The summed E-state index contributed by atoms with van der Waals surface area (Å²) in [5.41, 5.74) is 4.17. The molecule has 1 N–H and O–H groups in total. The molecule has 0 bridgehead atoms. The number of halogens is 1. The monoisotopic (exact) mass is 352 g/mol. The van der Waals surface area contributed by atoms with E-state index in [1.54, 1.807) is 12.1 Å². The smallest absolute Gasteiger partial charge is 0.231 e. The fourth-order valence-corrected chi connectivity index (χ4v) is 3.65. The molecule has 0 unspecified atom stereocenters. The minimum absolute atomic E-state index is 0.0939. The Kier molecular flexibility index (Phi) is 3.39.